The number of thiazole rings is 1. The first kappa shape index (κ1) is 16.0. The van der Waals surface area contributed by atoms with E-state index in [-0.39, 0.29) is 5.91 Å². The number of hydrogen-bond acceptors (Lipinski definition) is 3. The Balaban J connectivity index is 1.83. The number of benzene rings is 2. The SMILES string of the molecule is CN(C(=O)c1ncc(-c2ccc(Cl)cc2)s1)c1ccc(Cl)cc1. The molecule has 0 aliphatic carbocycles. The van der Waals surface area contributed by atoms with E-state index in [1.54, 1.807) is 42.4 Å². The molecule has 2 aromatic carbocycles. The predicted octanol–water partition coefficient (Wildman–Crippen LogP) is 5.39. The third-order valence-electron chi connectivity index (χ3n) is 3.34. The molecule has 0 aliphatic rings. The van der Waals surface area contributed by atoms with E-state index in [1.165, 1.54) is 11.3 Å². The summed E-state index contributed by atoms with van der Waals surface area (Å²) < 4.78 is 0. The lowest BCUT2D eigenvalue weighted by molar-refractivity contribution is 0.0992. The average molecular weight is 363 g/mol. The summed E-state index contributed by atoms with van der Waals surface area (Å²) in [7, 11) is 1.72. The van der Waals surface area contributed by atoms with Crippen LogP contribution in [0.2, 0.25) is 10.0 Å². The molecule has 116 valence electrons. The highest BCUT2D eigenvalue weighted by atomic mass is 35.5. The molecule has 0 N–H and O–H groups in total. The Morgan fingerprint density at radius 1 is 1.00 bits per heavy atom. The average Bonchev–Trinajstić information content (AvgIpc) is 3.05. The molecule has 3 aromatic rings. The number of carbonyl (C=O) groups is 1. The van der Waals surface area contributed by atoms with E-state index in [9.17, 15) is 4.79 Å². The van der Waals surface area contributed by atoms with Crippen LogP contribution in [0.15, 0.2) is 54.7 Å². The van der Waals surface area contributed by atoms with E-state index in [0.717, 1.165) is 16.1 Å². The lowest BCUT2D eigenvalue weighted by Gasteiger charge is -2.15. The second kappa shape index (κ2) is 6.71. The summed E-state index contributed by atoms with van der Waals surface area (Å²) in [4.78, 5) is 19.3. The van der Waals surface area contributed by atoms with E-state index in [2.05, 4.69) is 4.98 Å². The van der Waals surface area contributed by atoms with Crippen molar-refractivity contribution in [3.8, 4) is 10.4 Å². The number of anilines is 1. The van der Waals surface area contributed by atoms with Crippen LogP contribution in [0.3, 0.4) is 0 Å². The molecule has 23 heavy (non-hydrogen) atoms. The highest BCUT2D eigenvalue weighted by molar-refractivity contribution is 7.17. The predicted molar refractivity (Wildman–Crippen MR) is 96.7 cm³/mol. The third kappa shape index (κ3) is 3.55. The quantitative estimate of drug-likeness (QED) is 0.625. The molecular weight excluding hydrogens is 351 g/mol. The van der Waals surface area contributed by atoms with Crippen molar-refractivity contribution in [1.82, 2.24) is 4.98 Å². The maximum atomic E-state index is 12.5. The molecule has 1 aromatic heterocycles. The summed E-state index contributed by atoms with van der Waals surface area (Å²) in [6.07, 6.45) is 1.71. The molecule has 0 unspecified atom stereocenters. The first-order valence-corrected chi connectivity index (χ1v) is 8.37. The highest BCUT2D eigenvalue weighted by Crippen LogP contribution is 2.28. The maximum absolute atomic E-state index is 12.5. The molecular formula is C17H12Cl2N2OS. The normalized spacial score (nSPS) is 10.6. The summed E-state index contributed by atoms with van der Waals surface area (Å²) in [5.41, 5.74) is 1.75. The van der Waals surface area contributed by atoms with Gasteiger partial charge in [0.15, 0.2) is 5.01 Å². The highest BCUT2D eigenvalue weighted by Gasteiger charge is 2.17. The Kier molecular flexibility index (Phi) is 4.66. The van der Waals surface area contributed by atoms with Crippen molar-refractivity contribution in [3.05, 3.63) is 69.8 Å². The van der Waals surface area contributed by atoms with Crippen molar-refractivity contribution in [2.24, 2.45) is 0 Å². The van der Waals surface area contributed by atoms with Crippen molar-refractivity contribution < 1.29 is 4.79 Å². The molecule has 0 bridgehead atoms. The second-order valence-electron chi connectivity index (χ2n) is 4.88. The van der Waals surface area contributed by atoms with Gasteiger partial charge in [0.2, 0.25) is 0 Å². The van der Waals surface area contributed by atoms with E-state index in [0.29, 0.717) is 15.1 Å². The standard InChI is InChI=1S/C17H12Cl2N2OS/c1-21(14-8-6-13(19)7-9-14)17(22)16-20-10-15(23-16)11-2-4-12(18)5-3-11/h2-10H,1H3. The number of amides is 1. The minimum Gasteiger partial charge on any atom is -0.309 e. The van der Waals surface area contributed by atoms with Gasteiger partial charge in [-0.1, -0.05) is 35.3 Å². The fourth-order valence-corrected chi connectivity index (χ4v) is 3.20. The molecule has 0 saturated carbocycles. The van der Waals surface area contributed by atoms with E-state index in [4.69, 9.17) is 23.2 Å². The van der Waals surface area contributed by atoms with Gasteiger partial charge >= 0.3 is 0 Å². The molecule has 0 fully saturated rings. The molecule has 0 aliphatic heterocycles. The summed E-state index contributed by atoms with van der Waals surface area (Å²) >= 11 is 13.1. The van der Waals surface area contributed by atoms with Crippen molar-refractivity contribution in [3.63, 3.8) is 0 Å². The van der Waals surface area contributed by atoms with Crippen LogP contribution in [0.5, 0.6) is 0 Å². The lowest BCUT2D eigenvalue weighted by atomic mass is 10.2. The first-order valence-electron chi connectivity index (χ1n) is 6.80. The van der Waals surface area contributed by atoms with Crippen LogP contribution < -0.4 is 4.90 Å². The number of halogens is 2. The molecule has 3 nitrogen and oxygen atoms in total. The molecule has 1 amide bonds. The van der Waals surface area contributed by atoms with Crippen LogP contribution in [-0.2, 0) is 0 Å². The number of nitrogens with zero attached hydrogens (tertiary/aromatic N) is 2. The zero-order chi connectivity index (χ0) is 16.4. The van der Waals surface area contributed by atoms with E-state index < -0.39 is 0 Å². The maximum Gasteiger partial charge on any atom is 0.286 e. The van der Waals surface area contributed by atoms with Crippen LogP contribution in [-0.4, -0.2) is 17.9 Å². The van der Waals surface area contributed by atoms with Crippen LogP contribution in [0.1, 0.15) is 9.80 Å². The van der Waals surface area contributed by atoms with Gasteiger partial charge in [0.05, 0.1) is 4.88 Å². The molecule has 6 heteroatoms. The zero-order valence-electron chi connectivity index (χ0n) is 12.2. The Hall–Kier alpha value is -1.88. The fraction of sp³-hybridized carbons (Fsp3) is 0.0588. The van der Waals surface area contributed by atoms with Gasteiger partial charge in [-0.25, -0.2) is 4.98 Å². The monoisotopic (exact) mass is 362 g/mol. The molecule has 3 rings (SSSR count). The number of rotatable bonds is 3. The summed E-state index contributed by atoms with van der Waals surface area (Å²) in [6, 6.07) is 14.6. The van der Waals surface area contributed by atoms with Gasteiger partial charge in [-0.2, -0.15) is 0 Å². The lowest BCUT2D eigenvalue weighted by Crippen LogP contribution is -2.25. The van der Waals surface area contributed by atoms with Gasteiger partial charge < -0.3 is 4.90 Å². The largest absolute Gasteiger partial charge is 0.309 e. The molecule has 0 atom stereocenters. The van der Waals surface area contributed by atoms with Crippen molar-refractivity contribution in [2.75, 3.05) is 11.9 Å². The Morgan fingerprint density at radius 2 is 1.57 bits per heavy atom. The van der Waals surface area contributed by atoms with E-state index in [1.807, 2.05) is 24.3 Å². The number of carbonyl (C=O) groups excluding carboxylic acids is 1. The van der Waals surface area contributed by atoms with Crippen LogP contribution in [0, 0.1) is 0 Å². The fourth-order valence-electron chi connectivity index (χ4n) is 2.05. The number of hydrogen-bond donors (Lipinski definition) is 0. The Bertz CT molecular complexity index is 829. The molecule has 1 heterocycles. The Labute approximate surface area is 148 Å². The number of aromatic nitrogens is 1. The minimum absolute atomic E-state index is 0.155. The second-order valence-corrected chi connectivity index (χ2v) is 6.78. The molecule has 0 spiro atoms. The van der Waals surface area contributed by atoms with Crippen molar-refractivity contribution >= 4 is 46.1 Å². The van der Waals surface area contributed by atoms with Gasteiger partial charge in [0.25, 0.3) is 5.91 Å². The third-order valence-corrected chi connectivity index (χ3v) is 4.87. The zero-order valence-corrected chi connectivity index (χ0v) is 14.5. The van der Waals surface area contributed by atoms with E-state index >= 15 is 0 Å². The van der Waals surface area contributed by atoms with Crippen molar-refractivity contribution in [1.29, 1.82) is 0 Å². The van der Waals surface area contributed by atoms with Crippen LogP contribution in [0.25, 0.3) is 10.4 Å². The summed E-state index contributed by atoms with van der Waals surface area (Å²) in [5, 5.41) is 1.75. The summed E-state index contributed by atoms with van der Waals surface area (Å²) in [6.45, 7) is 0. The van der Waals surface area contributed by atoms with Crippen molar-refractivity contribution in [2.45, 2.75) is 0 Å². The van der Waals surface area contributed by atoms with Gasteiger partial charge in [-0.3, -0.25) is 4.79 Å². The van der Waals surface area contributed by atoms with Gasteiger partial charge in [0.1, 0.15) is 0 Å². The van der Waals surface area contributed by atoms with Crippen LogP contribution in [0.4, 0.5) is 5.69 Å². The topological polar surface area (TPSA) is 33.2 Å². The summed E-state index contributed by atoms with van der Waals surface area (Å²) in [5.74, 6) is -0.155. The van der Waals surface area contributed by atoms with Gasteiger partial charge in [-0.05, 0) is 42.0 Å². The van der Waals surface area contributed by atoms with Gasteiger partial charge in [-0.15, -0.1) is 11.3 Å². The Morgan fingerprint density at radius 3 is 2.17 bits per heavy atom. The molecule has 0 radical (unpaired) electrons. The van der Waals surface area contributed by atoms with Crippen LogP contribution >= 0.6 is 34.5 Å². The molecule has 0 saturated heterocycles. The van der Waals surface area contributed by atoms with Gasteiger partial charge in [0, 0.05) is 29.0 Å². The minimum atomic E-state index is -0.155. The first-order chi connectivity index (χ1) is 11.0. The smallest absolute Gasteiger partial charge is 0.286 e.